The van der Waals surface area contributed by atoms with E-state index in [0.29, 0.717) is 13.0 Å². The molecule has 126 valence electrons. The third-order valence-electron chi connectivity index (χ3n) is 4.33. The van der Waals surface area contributed by atoms with Crippen LogP contribution < -0.4 is 5.32 Å². The Bertz CT molecular complexity index is 1010. The summed E-state index contributed by atoms with van der Waals surface area (Å²) in [5.41, 5.74) is 3.25. The van der Waals surface area contributed by atoms with Gasteiger partial charge in [-0.05, 0) is 23.8 Å². The van der Waals surface area contributed by atoms with Gasteiger partial charge >= 0.3 is 0 Å². The van der Waals surface area contributed by atoms with Gasteiger partial charge in [-0.3, -0.25) is 4.79 Å². The fourth-order valence-electron chi connectivity index (χ4n) is 3.14. The van der Waals surface area contributed by atoms with Crippen LogP contribution in [0.4, 0.5) is 0 Å². The zero-order valence-electron chi connectivity index (χ0n) is 14.0. The molecule has 0 bridgehead atoms. The number of nitrogens with zero attached hydrogens (tertiary/aromatic N) is 2. The van der Waals surface area contributed by atoms with Gasteiger partial charge in [0.25, 0.3) is 0 Å². The van der Waals surface area contributed by atoms with E-state index in [9.17, 15) is 4.79 Å². The minimum absolute atomic E-state index is 0.0532. The smallest absolute Gasteiger partial charge is 0.224 e. The maximum atomic E-state index is 12.3. The highest BCUT2D eigenvalue weighted by Gasteiger charge is 2.10. The van der Waals surface area contributed by atoms with Gasteiger partial charge in [-0.1, -0.05) is 30.3 Å². The third kappa shape index (κ3) is 3.28. The van der Waals surface area contributed by atoms with E-state index in [1.165, 1.54) is 4.70 Å². The number of carbonyl (C=O) groups excluding carboxylic acids is 1. The highest BCUT2D eigenvalue weighted by atomic mass is 32.1. The Morgan fingerprint density at radius 2 is 1.96 bits per heavy atom. The van der Waals surface area contributed by atoms with E-state index in [2.05, 4.69) is 33.1 Å². The Balaban J connectivity index is 1.37. The van der Waals surface area contributed by atoms with Gasteiger partial charge in [0.2, 0.25) is 5.91 Å². The first-order valence-corrected chi connectivity index (χ1v) is 9.16. The molecule has 0 saturated heterocycles. The molecule has 0 saturated carbocycles. The van der Waals surface area contributed by atoms with Gasteiger partial charge in [0.05, 0.1) is 21.6 Å². The first-order valence-electron chi connectivity index (χ1n) is 8.35. The SMILES string of the molecule is Cn1cc(CC(=O)NCCc2nc3ccccc3s2)c2ccccc21. The lowest BCUT2D eigenvalue weighted by molar-refractivity contribution is -0.120. The van der Waals surface area contributed by atoms with Crippen LogP contribution >= 0.6 is 11.3 Å². The predicted octanol–water partition coefficient (Wildman–Crippen LogP) is 3.69. The average Bonchev–Trinajstić information content (AvgIpc) is 3.16. The lowest BCUT2D eigenvalue weighted by Gasteiger charge is -2.03. The van der Waals surface area contributed by atoms with Crippen LogP contribution in [-0.2, 0) is 24.7 Å². The number of aryl methyl sites for hydroxylation is 1. The van der Waals surface area contributed by atoms with Crippen molar-refractivity contribution in [1.82, 2.24) is 14.9 Å². The number of thiazole rings is 1. The van der Waals surface area contributed by atoms with Crippen molar-refractivity contribution in [2.24, 2.45) is 7.05 Å². The van der Waals surface area contributed by atoms with E-state index in [1.54, 1.807) is 11.3 Å². The minimum Gasteiger partial charge on any atom is -0.355 e. The predicted molar refractivity (Wildman–Crippen MR) is 103 cm³/mol. The van der Waals surface area contributed by atoms with Crippen molar-refractivity contribution < 1.29 is 4.79 Å². The second-order valence-corrected chi connectivity index (χ2v) is 7.25. The van der Waals surface area contributed by atoms with Gasteiger partial charge in [-0.25, -0.2) is 4.98 Å². The summed E-state index contributed by atoms with van der Waals surface area (Å²) in [4.78, 5) is 16.9. The van der Waals surface area contributed by atoms with Gasteiger partial charge in [-0.2, -0.15) is 0 Å². The molecule has 0 aliphatic heterocycles. The molecule has 2 aromatic carbocycles. The topological polar surface area (TPSA) is 46.9 Å². The summed E-state index contributed by atoms with van der Waals surface area (Å²) in [6.45, 7) is 0.615. The molecule has 1 amide bonds. The van der Waals surface area contributed by atoms with Crippen molar-refractivity contribution in [2.45, 2.75) is 12.8 Å². The van der Waals surface area contributed by atoms with Gasteiger partial charge in [-0.15, -0.1) is 11.3 Å². The van der Waals surface area contributed by atoms with Crippen molar-refractivity contribution in [3.8, 4) is 0 Å². The monoisotopic (exact) mass is 349 g/mol. The van der Waals surface area contributed by atoms with Crippen LogP contribution in [0.1, 0.15) is 10.6 Å². The van der Waals surface area contributed by atoms with Crippen LogP contribution in [0.3, 0.4) is 0 Å². The molecule has 4 aromatic rings. The fraction of sp³-hybridized carbons (Fsp3) is 0.200. The molecule has 1 N–H and O–H groups in total. The second kappa shape index (κ2) is 6.69. The number of para-hydroxylation sites is 2. The molecule has 2 aromatic heterocycles. The first kappa shape index (κ1) is 15.8. The van der Waals surface area contributed by atoms with Crippen molar-refractivity contribution in [3.05, 3.63) is 65.3 Å². The molecular weight excluding hydrogens is 330 g/mol. The maximum Gasteiger partial charge on any atom is 0.224 e. The number of amides is 1. The van der Waals surface area contributed by atoms with E-state index in [-0.39, 0.29) is 5.91 Å². The van der Waals surface area contributed by atoms with E-state index in [1.807, 2.05) is 43.6 Å². The molecular formula is C20H19N3OS. The van der Waals surface area contributed by atoms with E-state index >= 15 is 0 Å². The molecule has 5 heteroatoms. The molecule has 0 aliphatic rings. The number of aromatic nitrogens is 2. The Morgan fingerprint density at radius 3 is 2.84 bits per heavy atom. The van der Waals surface area contributed by atoms with Gasteiger partial charge in [0.15, 0.2) is 0 Å². The zero-order chi connectivity index (χ0) is 17.2. The average molecular weight is 349 g/mol. The largest absolute Gasteiger partial charge is 0.355 e. The molecule has 4 nitrogen and oxygen atoms in total. The summed E-state index contributed by atoms with van der Waals surface area (Å²) < 4.78 is 3.26. The lowest BCUT2D eigenvalue weighted by atomic mass is 10.1. The van der Waals surface area contributed by atoms with Crippen LogP contribution in [0.15, 0.2) is 54.7 Å². The van der Waals surface area contributed by atoms with Crippen molar-refractivity contribution >= 4 is 38.4 Å². The summed E-state index contributed by atoms with van der Waals surface area (Å²) in [6.07, 6.45) is 3.21. The number of nitrogens with one attached hydrogen (secondary N) is 1. The molecule has 0 atom stereocenters. The van der Waals surface area contributed by atoms with Crippen LogP contribution in [0.2, 0.25) is 0 Å². The maximum absolute atomic E-state index is 12.3. The zero-order valence-corrected chi connectivity index (χ0v) is 14.8. The number of benzene rings is 2. The Morgan fingerprint density at radius 1 is 1.16 bits per heavy atom. The Labute approximate surface area is 150 Å². The van der Waals surface area contributed by atoms with E-state index in [0.717, 1.165) is 33.4 Å². The number of hydrogen-bond acceptors (Lipinski definition) is 3. The first-order chi connectivity index (χ1) is 12.2. The molecule has 25 heavy (non-hydrogen) atoms. The molecule has 2 heterocycles. The molecule has 0 radical (unpaired) electrons. The quantitative estimate of drug-likeness (QED) is 0.597. The molecule has 0 unspecified atom stereocenters. The van der Waals surface area contributed by atoms with Crippen LogP contribution in [0.25, 0.3) is 21.1 Å². The molecule has 0 spiro atoms. The Hall–Kier alpha value is -2.66. The van der Waals surface area contributed by atoms with Crippen molar-refractivity contribution in [3.63, 3.8) is 0 Å². The number of fused-ring (bicyclic) bond motifs is 2. The Kier molecular flexibility index (Phi) is 4.24. The minimum atomic E-state index is 0.0532. The summed E-state index contributed by atoms with van der Waals surface area (Å²) >= 11 is 1.69. The third-order valence-corrected chi connectivity index (χ3v) is 5.43. The standard InChI is InChI=1S/C20H19N3OS/c1-23-13-14(15-6-2-4-8-17(15)23)12-19(24)21-11-10-20-22-16-7-3-5-9-18(16)25-20/h2-9,13H,10-12H2,1H3,(H,21,24). The van der Waals surface area contributed by atoms with Crippen molar-refractivity contribution in [2.75, 3.05) is 6.54 Å². The van der Waals surface area contributed by atoms with Crippen LogP contribution in [0, 0.1) is 0 Å². The normalized spacial score (nSPS) is 11.2. The fourth-order valence-corrected chi connectivity index (χ4v) is 4.10. The summed E-state index contributed by atoms with van der Waals surface area (Å²) in [7, 11) is 2.01. The molecule has 4 rings (SSSR count). The lowest BCUT2D eigenvalue weighted by Crippen LogP contribution is -2.27. The summed E-state index contributed by atoms with van der Waals surface area (Å²) in [5.74, 6) is 0.0532. The highest BCUT2D eigenvalue weighted by molar-refractivity contribution is 7.18. The molecule has 0 aliphatic carbocycles. The number of carbonyl (C=O) groups is 1. The number of rotatable bonds is 5. The van der Waals surface area contributed by atoms with E-state index in [4.69, 9.17) is 0 Å². The highest BCUT2D eigenvalue weighted by Crippen LogP contribution is 2.22. The van der Waals surface area contributed by atoms with Crippen molar-refractivity contribution in [1.29, 1.82) is 0 Å². The second-order valence-electron chi connectivity index (χ2n) is 6.13. The summed E-state index contributed by atoms with van der Waals surface area (Å²) in [6, 6.07) is 16.3. The number of hydrogen-bond donors (Lipinski definition) is 1. The van der Waals surface area contributed by atoms with Crippen LogP contribution in [-0.4, -0.2) is 22.0 Å². The van der Waals surface area contributed by atoms with E-state index < -0.39 is 0 Å². The van der Waals surface area contributed by atoms with Crippen LogP contribution in [0.5, 0.6) is 0 Å². The van der Waals surface area contributed by atoms with Gasteiger partial charge in [0.1, 0.15) is 0 Å². The van der Waals surface area contributed by atoms with Gasteiger partial charge in [0, 0.05) is 37.1 Å². The van der Waals surface area contributed by atoms with Gasteiger partial charge < -0.3 is 9.88 Å². The summed E-state index contributed by atoms with van der Waals surface area (Å²) in [5, 5.41) is 5.22. The molecule has 0 fully saturated rings.